The summed E-state index contributed by atoms with van der Waals surface area (Å²) in [5.41, 5.74) is 5.79. The number of aromatic nitrogens is 1. The molecule has 8 nitrogen and oxygen atoms in total. The molecule has 2 aromatic rings. The molecule has 0 spiro atoms. The number of carbonyl (C=O) groups excluding carboxylic acids is 1. The first-order valence-electron chi connectivity index (χ1n) is 9.12. The van der Waals surface area contributed by atoms with Crippen LogP contribution in [-0.2, 0) is 15.0 Å². The van der Waals surface area contributed by atoms with Crippen molar-refractivity contribution in [2.75, 3.05) is 25.6 Å². The molecule has 4 rings (SSSR count). The predicted octanol–water partition coefficient (Wildman–Crippen LogP) is 2.06. The van der Waals surface area contributed by atoms with Gasteiger partial charge in [-0.2, -0.15) is 0 Å². The smallest absolute Gasteiger partial charge is 0.283 e. The Hall–Kier alpha value is -3.20. The van der Waals surface area contributed by atoms with Crippen molar-refractivity contribution in [3.8, 4) is 5.75 Å². The largest absolute Gasteiger partial charge is 0.495 e. The van der Waals surface area contributed by atoms with E-state index < -0.39 is 17.3 Å². The van der Waals surface area contributed by atoms with Gasteiger partial charge >= 0.3 is 0 Å². The maximum absolute atomic E-state index is 14.8. The van der Waals surface area contributed by atoms with Crippen LogP contribution in [0.15, 0.2) is 41.5 Å². The number of hydrogen-bond acceptors (Lipinski definition) is 7. The number of carbonyl (C=O) groups is 1. The number of rotatable bonds is 4. The lowest BCUT2D eigenvalue weighted by molar-refractivity contribution is 0.0817. The van der Waals surface area contributed by atoms with Gasteiger partial charge in [0.1, 0.15) is 23.4 Å². The number of amidine groups is 1. The molecule has 2 unspecified atom stereocenters. The second-order valence-electron chi connectivity index (χ2n) is 7.13. The van der Waals surface area contributed by atoms with Crippen molar-refractivity contribution in [1.29, 1.82) is 0 Å². The highest BCUT2D eigenvalue weighted by molar-refractivity contribution is 6.02. The zero-order valence-electron chi connectivity index (χ0n) is 16.0. The number of nitrogens with two attached hydrogens (primary N) is 1. The quantitative estimate of drug-likeness (QED) is 0.813. The number of ether oxygens (including phenoxy) is 3. The lowest BCUT2D eigenvalue weighted by Crippen LogP contribution is -2.47. The summed E-state index contributed by atoms with van der Waals surface area (Å²) in [6, 6.07) is 7.52. The molecule has 29 heavy (non-hydrogen) atoms. The van der Waals surface area contributed by atoms with Crippen molar-refractivity contribution in [3.63, 3.8) is 0 Å². The van der Waals surface area contributed by atoms with Crippen LogP contribution in [0.1, 0.15) is 23.0 Å². The van der Waals surface area contributed by atoms with Gasteiger partial charge in [-0.25, -0.2) is 14.4 Å². The molecule has 1 aromatic carbocycles. The van der Waals surface area contributed by atoms with Gasteiger partial charge in [-0.15, -0.1) is 0 Å². The number of nitrogens with one attached hydrogen (secondary N) is 1. The monoisotopic (exact) mass is 400 g/mol. The molecule has 3 heterocycles. The molecule has 3 atom stereocenters. The molecule has 0 bridgehead atoms. The fraction of sp³-hybridized carbons (Fsp3) is 0.350. The Morgan fingerprint density at radius 1 is 1.34 bits per heavy atom. The molecule has 0 radical (unpaired) electrons. The molecule has 1 fully saturated rings. The molecule has 0 saturated carbocycles. The number of benzene rings is 1. The number of pyridine rings is 1. The summed E-state index contributed by atoms with van der Waals surface area (Å²) < 4.78 is 30.9. The Labute approximate surface area is 166 Å². The minimum atomic E-state index is -0.979. The van der Waals surface area contributed by atoms with Crippen LogP contribution in [0.3, 0.4) is 0 Å². The second kappa shape index (κ2) is 7.32. The number of amides is 1. The van der Waals surface area contributed by atoms with Crippen molar-refractivity contribution in [1.82, 2.24) is 4.98 Å². The first-order chi connectivity index (χ1) is 13.9. The number of hydrogen-bond donors (Lipinski definition) is 2. The van der Waals surface area contributed by atoms with E-state index in [4.69, 9.17) is 19.9 Å². The third-order valence-electron chi connectivity index (χ3n) is 5.34. The van der Waals surface area contributed by atoms with Crippen LogP contribution in [0.25, 0.3) is 0 Å². The van der Waals surface area contributed by atoms with E-state index in [0.29, 0.717) is 30.2 Å². The van der Waals surface area contributed by atoms with Gasteiger partial charge in [0, 0.05) is 11.3 Å². The Bertz CT molecular complexity index is 965. The number of fused-ring (bicyclic) bond motifs is 1. The molecular weight excluding hydrogens is 379 g/mol. The van der Waals surface area contributed by atoms with Crippen LogP contribution in [0.2, 0.25) is 0 Å². The van der Waals surface area contributed by atoms with Crippen molar-refractivity contribution in [2.45, 2.75) is 18.6 Å². The molecular formula is C20H21FN4O4. The third-order valence-corrected chi connectivity index (χ3v) is 5.34. The highest BCUT2D eigenvalue weighted by Crippen LogP contribution is 2.43. The summed E-state index contributed by atoms with van der Waals surface area (Å²) in [7, 11) is 1.52. The number of methoxy groups -OCH3 is 1. The summed E-state index contributed by atoms with van der Waals surface area (Å²) in [4.78, 5) is 21.0. The van der Waals surface area contributed by atoms with E-state index in [1.165, 1.54) is 25.4 Å². The number of aliphatic imine (C=N–C) groups is 1. The number of nitrogens with zero attached hydrogens (tertiary/aromatic N) is 2. The van der Waals surface area contributed by atoms with Gasteiger partial charge in [-0.3, -0.25) is 4.79 Å². The van der Waals surface area contributed by atoms with Gasteiger partial charge in [0.25, 0.3) is 11.9 Å². The summed E-state index contributed by atoms with van der Waals surface area (Å²) >= 11 is 0. The average Bonchev–Trinajstić information content (AvgIpc) is 3.18. The predicted molar refractivity (Wildman–Crippen MR) is 103 cm³/mol. The SMILES string of the molecule is COc1ccc(C(=O)Nc2ccc(F)c([C@@]3(C)N=C(N)OC4COCC43)c2)nc1. The highest BCUT2D eigenvalue weighted by atomic mass is 19.1. The lowest BCUT2D eigenvalue weighted by Gasteiger charge is -2.38. The third kappa shape index (κ3) is 3.49. The lowest BCUT2D eigenvalue weighted by atomic mass is 9.77. The van der Waals surface area contributed by atoms with E-state index in [9.17, 15) is 9.18 Å². The second-order valence-corrected chi connectivity index (χ2v) is 7.13. The van der Waals surface area contributed by atoms with Crippen LogP contribution in [0.5, 0.6) is 5.75 Å². The maximum atomic E-state index is 14.8. The molecule has 1 amide bonds. The number of anilines is 1. The minimum Gasteiger partial charge on any atom is -0.495 e. The van der Waals surface area contributed by atoms with E-state index in [2.05, 4.69) is 15.3 Å². The van der Waals surface area contributed by atoms with E-state index in [-0.39, 0.29) is 23.7 Å². The van der Waals surface area contributed by atoms with Crippen molar-refractivity contribution < 1.29 is 23.4 Å². The van der Waals surface area contributed by atoms with Crippen molar-refractivity contribution in [2.24, 2.45) is 16.6 Å². The topological polar surface area (TPSA) is 108 Å². The molecule has 1 aromatic heterocycles. The minimum absolute atomic E-state index is 0.00415. The van der Waals surface area contributed by atoms with Crippen LogP contribution in [-0.4, -0.2) is 43.3 Å². The van der Waals surface area contributed by atoms with Crippen molar-refractivity contribution >= 4 is 17.6 Å². The molecule has 2 aliphatic rings. The Balaban J connectivity index is 1.63. The Morgan fingerprint density at radius 3 is 2.90 bits per heavy atom. The zero-order valence-corrected chi connectivity index (χ0v) is 16.0. The number of halogens is 1. The van der Waals surface area contributed by atoms with Gasteiger partial charge in [-0.1, -0.05) is 0 Å². The van der Waals surface area contributed by atoms with E-state index in [1.54, 1.807) is 25.1 Å². The Morgan fingerprint density at radius 2 is 2.17 bits per heavy atom. The summed E-state index contributed by atoms with van der Waals surface area (Å²) in [6.07, 6.45) is 1.16. The molecule has 2 aliphatic heterocycles. The van der Waals surface area contributed by atoms with Gasteiger partial charge < -0.3 is 25.3 Å². The molecule has 3 N–H and O–H groups in total. The van der Waals surface area contributed by atoms with Crippen LogP contribution in [0, 0.1) is 11.7 Å². The first kappa shape index (κ1) is 19.1. The Kier molecular flexibility index (Phi) is 4.83. The highest BCUT2D eigenvalue weighted by Gasteiger charge is 2.50. The average molecular weight is 400 g/mol. The molecule has 1 saturated heterocycles. The molecule has 9 heteroatoms. The summed E-state index contributed by atoms with van der Waals surface area (Å²) in [5, 5.41) is 2.74. The van der Waals surface area contributed by atoms with E-state index >= 15 is 0 Å². The maximum Gasteiger partial charge on any atom is 0.283 e. The fourth-order valence-electron chi connectivity index (χ4n) is 3.75. The van der Waals surface area contributed by atoms with Crippen LogP contribution >= 0.6 is 0 Å². The normalized spacial score (nSPS) is 25.6. The van der Waals surface area contributed by atoms with Gasteiger partial charge in [0.05, 0.1) is 38.0 Å². The van der Waals surface area contributed by atoms with E-state index in [0.717, 1.165) is 0 Å². The van der Waals surface area contributed by atoms with Crippen molar-refractivity contribution in [3.05, 3.63) is 53.6 Å². The van der Waals surface area contributed by atoms with Crippen LogP contribution in [0.4, 0.5) is 10.1 Å². The van der Waals surface area contributed by atoms with Gasteiger partial charge in [-0.05, 0) is 37.3 Å². The van der Waals surface area contributed by atoms with Gasteiger partial charge in [0.2, 0.25) is 0 Å². The zero-order chi connectivity index (χ0) is 20.6. The molecule has 0 aliphatic carbocycles. The standard InChI is InChI=1S/C20H21FN4O4/c1-20(14-9-28-10-17(14)29-19(22)25-20)13-7-11(3-5-15(13)21)24-18(26)16-6-4-12(27-2)8-23-16/h3-8,14,17H,9-10H2,1-2H3,(H2,22,25)(H,24,26)/t14?,17?,20-/m1/s1. The van der Waals surface area contributed by atoms with Gasteiger partial charge in [0.15, 0.2) is 0 Å². The summed E-state index contributed by atoms with van der Waals surface area (Å²) in [6.45, 7) is 2.55. The summed E-state index contributed by atoms with van der Waals surface area (Å²) in [5.74, 6) is -0.523. The fourth-order valence-corrected chi connectivity index (χ4v) is 3.75. The van der Waals surface area contributed by atoms with E-state index in [1.807, 2.05) is 0 Å². The van der Waals surface area contributed by atoms with Crippen LogP contribution < -0.4 is 15.8 Å². The molecule has 152 valence electrons. The first-order valence-corrected chi connectivity index (χ1v) is 9.12.